The Bertz CT molecular complexity index is 727. The third kappa shape index (κ3) is 4.63. The minimum atomic E-state index is -0.141. The number of rotatable bonds is 4. The molecule has 0 radical (unpaired) electrons. The molecule has 0 saturated carbocycles. The fourth-order valence-electron chi connectivity index (χ4n) is 4.56. The van der Waals surface area contributed by atoms with Crippen LogP contribution in [0.3, 0.4) is 0 Å². The van der Waals surface area contributed by atoms with Gasteiger partial charge in [0, 0.05) is 51.5 Å². The van der Waals surface area contributed by atoms with E-state index in [4.69, 9.17) is 4.74 Å². The lowest BCUT2D eigenvalue weighted by atomic mass is 10.0. The maximum atomic E-state index is 13.2. The van der Waals surface area contributed by atoms with E-state index >= 15 is 0 Å². The van der Waals surface area contributed by atoms with E-state index in [0.29, 0.717) is 32.8 Å². The second-order valence-electron chi connectivity index (χ2n) is 8.20. The van der Waals surface area contributed by atoms with E-state index in [1.165, 1.54) is 5.56 Å². The van der Waals surface area contributed by atoms with Crippen LogP contribution in [-0.2, 0) is 20.7 Å². The summed E-state index contributed by atoms with van der Waals surface area (Å²) in [6.45, 7) is 9.24. The molecule has 0 aromatic heterocycles. The molecule has 0 N–H and O–H groups in total. The van der Waals surface area contributed by atoms with Crippen LogP contribution in [0.25, 0.3) is 0 Å². The molecule has 1 atom stereocenters. The summed E-state index contributed by atoms with van der Waals surface area (Å²) >= 11 is 0. The van der Waals surface area contributed by atoms with Gasteiger partial charge in [0.15, 0.2) is 0 Å². The average molecular weight is 401 g/mol. The lowest BCUT2D eigenvalue weighted by Crippen LogP contribution is -2.56. The number of aryl methyl sites for hydroxylation is 1. The summed E-state index contributed by atoms with van der Waals surface area (Å²) in [6, 6.07) is 8.11. The van der Waals surface area contributed by atoms with Crippen LogP contribution in [0.4, 0.5) is 5.69 Å². The van der Waals surface area contributed by atoms with Gasteiger partial charge in [-0.3, -0.25) is 19.4 Å². The molecule has 4 rings (SSSR count). The van der Waals surface area contributed by atoms with Gasteiger partial charge >= 0.3 is 0 Å². The van der Waals surface area contributed by atoms with Crippen molar-refractivity contribution >= 4 is 17.5 Å². The van der Waals surface area contributed by atoms with Gasteiger partial charge in [-0.2, -0.15) is 0 Å². The summed E-state index contributed by atoms with van der Waals surface area (Å²) in [5.74, 6) is 0.380. The van der Waals surface area contributed by atoms with E-state index in [2.05, 4.69) is 21.9 Å². The van der Waals surface area contributed by atoms with Crippen molar-refractivity contribution in [2.45, 2.75) is 25.8 Å². The lowest BCUT2D eigenvalue weighted by Gasteiger charge is -2.40. The van der Waals surface area contributed by atoms with Gasteiger partial charge in [0.2, 0.25) is 11.8 Å². The van der Waals surface area contributed by atoms with Crippen molar-refractivity contribution in [3.63, 3.8) is 0 Å². The Labute approximate surface area is 173 Å². The fraction of sp³-hybridized carbons (Fsp3) is 0.636. The highest BCUT2D eigenvalue weighted by Crippen LogP contribution is 2.27. The summed E-state index contributed by atoms with van der Waals surface area (Å²) in [7, 11) is 0. The number of ether oxygens (including phenoxy) is 1. The molecule has 158 valence electrons. The third-order valence-corrected chi connectivity index (χ3v) is 6.41. The Kier molecular flexibility index (Phi) is 6.47. The topological polar surface area (TPSA) is 56.3 Å². The van der Waals surface area contributed by atoms with E-state index < -0.39 is 0 Å². The summed E-state index contributed by atoms with van der Waals surface area (Å²) in [5.41, 5.74) is 2.34. The number of anilines is 1. The van der Waals surface area contributed by atoms with Crippen molar-refractivity contribution in [2.75, 3.05) is 70.5 Å². The smallest absolute Gasteiger partial charge is 0.244 e. The number of hydrogen-bond acceptors (Lipinski definition) is 5. The summed E-state index contributed by atoms with van der Waals surface area (Å²) in [6.07, 6.45) is 2.07. The molecule has 3 aliphatic heterocycles. The number of morpholine rings is 1. The molecule has 0 bridgehead atoms. The number of benzene rings is 1. The van der Waals surface area contributed by atoms with Gasteiger partial charge in [-0.1, -0.05) is 18.2 Å². The van der Waals surface area contributed by atoms with Gasteiger partial charge in [-0.25, -0.2) is 0 Å². The average Bonchev–Trinajstić information content (AvgIpc) is 2.79. The van der Waals surface area contributed by atoms with Crippen molar-refractivity contribution in [3.8, 4) is 0 Å². The maximum Gasteiger partial charge on any atom is 0.244 e. The zero-order valence-corrected chi connectivity index (χ0v) is 17.4. The zero-order valence-electron chi connectivity index (χ0n) is 17.4. The predicted octanol–water partition coefficient (Wildman–Crippen LogP) is 0.831. The molecule has 1 aromatic rings. The van der Waals surface area contributed by atoms with Crippen molar-refractivity contribution in [1.82, 2.24) is 14.7 Å². The Morgan fingerprint density at radius 2 is 1.72 bits per heavy atom. The monoisotopic (exact) mass is 400 g/mol. The van der Waals surface area contributed by atoms with Crippen molar-refractivity contribution in [1.29, 1.82) is 0 Å². The molecule has 1 unspecified atom stereocenters. The van der Waals surface area contributed by atoms with Crippen molar-refractivity contribution in [2.24, 2.45) is 0 Å². The van der Waals surface area contributed by atoms with E-state index in [-0.39, 0.29) is 17.9 Å². The van der Waals surface area contributed by atoms with Crippen molar-refractivity contribution in [3.05, 3.63) is 29.8 Å². The van der Waals surface area contributed by atoms with E-state index in [9.17, 15) is 9.59 Å². The van der Waals surface area contributed by atoms with Gasteiger partial charge in [0.05, 0.1) is 25.8 Å². The zero-order chi connectivity index (χ0) is 20.2. The molecule has 2 amide bonds. The van der Waals surface area contributed by atoms with Gasteiger partial charge in [0.1, 0.15) is 0 Å². The predicted molar refractivity (Wildman–Crippen MR) is 112 cm³/mol. The number of para-hydroxylation sites is 1. The van der Waals surface area contributed by atoms with Gasteiger partial charge < -0.3 is 14.5 Å². The summed E-state index contributed by atoms with van der Waals surface area (Å²) < 4.78 is 5.32. The largest absolute Gasteiger partial charge is 0.378 e. The van der Waals surface area contributed by atoms with Crippen LogP contribution in [0.1, 0.15) is 18.9 Å². The van der Waals surface area contributed by atoms with Gasteiger partial charge in [0.25, 0.3) is 0 Å². The number of piperazine rings is 1. The highest BCUT2D eigenvalue weighted by molar-refractivity contribution is 5.98. The second-order valence-corrected chi connectivity index (χ2v) is 8.20. The van der Waals surface area contributed by atoms with Crippen LogP contribution in [0.15, 0.2) is 24.3 Å². The molecular weight excluding hydrogens is 368 g/mol. The number of fused-ring (bicyclic) bond motifs is 1. The Balaban J connectivity index is 1.29. The van der Waals surface area contributed by atoms with E-state index in [0.717, 1.165) is 51.3 Å². The molecule has 2 fully saturated rings. The highest BCUT2D eigenvalue weighted by atomic mass is 16.5. The molecule has 2 saturated heterocycles. The van der Waals surface area contributed by atoms with E-state index in [1.807, 2.05) is 28.9 Å². The van der Waals surface area contributed by atoms with Crippen LogP contribution in [0, 0.1) is 0 Å². The highest BCUT2D eigenvalue weighted by Gasteiger charge is 2.32. The van der Waals surface area contributed by atoms with Crippen LogP contribution < -0.4 is 4.90 Å². The first-order chi connectivity index (χ1) is 14.1. The molecular formula is C22H32N4O3. The van der Waals surface area contributed by atoms with Crippen LogP contribution in [0.2, 0.25) is 0 Å². The Hall–Kier alpha value is -1.96. The fourth-order valence-corrected chi connectivity index (χ4v) is 4.56. The summed E-state index contributed by atoms with van der Waals surface area (Å²) in [5, 5.41) is 0. The van der Waals surface area contributed by atoms with Gasteiger partial charge in [-0.05, 0) is 31.4 Å². The minimum Gasteiger partial charge on any atom is -0.378 e. The van der Waals surface area contributed by atoms with E-state index in [1.54, 1.807) is 0 Å². The third-order valence-electron chi connectivity index (χ3n) is 6.41. The molecule has 7 heteroatoms. The Morgan fingerprint density at radius 3 is 2.48 bits per heavy atom. The normalized spacial score (nSPS) is 22.2. The van der Waals surface area contributed by atoms with Crippen LogP contribution in [-0.4, -0.2) is 98.1 Å². The van der Waals surface area contributed by atoms with Gasteiger partial charge in [-0.15, -0.1) is 0 Å². The molecule has 29 heavy (non-hydrogen) atoms. The first-order valence-corrected chi connectivity index (χ1v) is 10.8. The second kappa shape index (κ2) is 9.24. The molecule has 3 heterocycles. The maximum absolute atomic E-state index is 13.2. The number of carbonyl (C=O) groups is 2. The lowest BCUT2D eigenvalue weighted by molar-refractivity contribution is -0.137. The number of nitrogens with zero attached hydrogens (tertiary/aromatic N) is 4. The van der Waals surface area contributed by atoms with Crippen LogP contribution in [0.5, 0.6) is 0 Å². The number of amides is 2. The van der Waals surface area contributed by atoms with Crippen LogP contribution >= 0.6 is 0 Å². The standard InChI is InChI=1S/C22H32N4O3/c1-18(22(28)26-8-4-6-19-5-2-3-7-20(19)26)24-11-9-23(10-12-24)17-21(27)25-13-15-29-16-14-25/h2-3,5,7,18H,4,6,8-17H2,1H3. The molecule has 0 aliphatic carbocycles. The first kappa shape index (κ1) is 20.3. The SMILES string of the molecule is CC(C(=O)N1CCCc2ccccc21)N1CCN(CC(=O)N2CCOCC2)CC1. The Morgan fingerprint density at radius 1 is 1.00 bits per heavy atom. The minimum absolute atomic E-state index is 0.141. The molecule has 3 aliphatic rings. The number of carbonyl (C=O) groups excluding carboxylic acids is 2. The first-order valence-electron chi connectivity index (χ1n) is 10.8. The number of hydrogen-bond donors (Lipinski definition) is 0. The van der Waals surface area contributed by atoms with Crippen molar-refractivity contribution < 1.29 is 14.3 Å². The molecule has 1 aromatic carbocycles. The molecule has 0 spiro atoms. The summed E-state index contributed by atoms with van der Waals surface area (Å²) in [4.78, 5) is 34.0. The molecule has 7 nitrogen and oxygen atoms in total. The quantitative estimate of drug-likeness (QED) is 0.750.